The first kappa shape index (κ1) is 16.6. The van der Waals surface area contributed by atoms with Gasteiger partial charge in [0, 0.05) is 28.8 Å². The predicted molar refractivity (Wildman–Crippen MR) is 86.8 cm³/mol. The summed E-state index contributed by atoms with van der Waals surface area (Å²) in [4.78, 5) is 26.4. The smallest absolute Gasteiger partial charge is 0.311 e. The van der Waals surface area contributed by atoms with Crippen LogP contribution in [0.1, 0.15) is 17.4 Å². The van der Waals surface area contributed by atoms with Crippen molar-refractivity contribution in [1.82, 2.24) is 4.98 Å². The van der Waals surface area contributed by atoms with Gasteiger partial charge in [-0.3, -0.25) is 20.3 Å². The lowest BCUT2D eigenvalue weighted by Crippen LogP contribution is -2.06. The second-order valence-corrected chi connectivity index (χ2v) is 5.45. The Morgan fingerprint density at radius 3 is 3.13 bits per heavy atom. The molecule has 8 nitrogen and oxygen atoms in total. The van der Waals surface area contributed by atoms with Crippen LogP contribution in [0.15, 0.2) is 35.6 Å². The van der Waals surface area contributed by atoms with Crippen LogP contribution in [-0.4, -0.2) is 28.7 Å². The van der Waals surface area contributed by atoms with Gasteiger partial charge in [0.05, 0.1) is 24.2 Å². The van der Waals surface area contributed by atoms with E-state index in [4.69, 9.17) is 4.74 Å². The topological polar surface area (TPSA) is 107 Å². The lowest BCUT2D eigenvalue weighted by Gasteiger charge is -1.97. The van der Waals surface area contributed by atoms with Crippen molar-refractivity contribution in [3.05, 3.63) is 51.0 Å². The molecule has 1 heterocycles. The summed E-state index contributed by atoms with van der Waals surface area (Å²) in [6, 6.07) is 6.11. The summed E-state index contributed by atoms with van der Waals surface area (Å²) in [7, 11) is 0. The van der Waals surface area contributed by atoms with Crippen LogP contribution in [0.25, 0.3) is 0 Å². The molecule has 0 aliphatic heterocycles. The highest BCUT2D eigenvalue weighted by Gasteiger charge is 2.08. The highest BCUT2D eigenvalue weighted by molar-refractivity contribution is 7.15. The predicted octanol–water partition coefficient (Wildman–Crippen LogP) is 2.60. The Labute approximate surface area is 136 Å². The molecule has 2 rings (SSSR count). The monoisotopic (exact) mass is 334 g/mol. The normalized spacial score (nSPS) is 10.7. The summed E-state index contributed by atoms with van der Waals surface area (Å²) in [6.07, 6.45) is 3.20. The van der Waals surface area contributed by atoms with E-state index in [9.17, 15) is 14.9 Å². The number of hydrogen-bond acceptors (Lipinski definition) is 8. The maximum Gasteiger partial charge on any atom is 0.311 e. The number of carbonyl (C=O) groups is 1. The van der Waals surface area contributed by atoms with Crippen LogP contribution in [-0.2, 0) is 16.0 Å². The number of nitro benzene ring substituents is 1. The van der Waals surface area contributed by atoms with Crippen LogP contribution in [0.2, 0.25) is 0 Å². The van der Waals surface area contributed by atoms with Gasteiger partial charge in [-0.2, -0.15) is 5.10 Å². The number of esters is 1. The van der Waals surface area contributed by atoms with Gasteiger partial charge in [0.15, 0.2) is 0 Å². The molecule has 0 atom stereocenters. The average molecular weight is 334 g/mol. The first-order chi connectivity index (χ1) is 11.1. The van der Waals surface area contributed by atoms with E-state index < -0.39 is 4.92 Å². The molecule has 0 aliphatic rings. The molecule has 0 saturated carbocycles. The zero-order chi connectivity index (χ0) is 16.7. The molecule has 9 heteroatoms. The number of aromatic nitrogens is 1. The summed E-state index contributed by atoms with van der Waals surface area (Å²) in [6.45, 7) is 2.09. The number of hydrogen-bond donors (Lipinski definition) is 1. The molecule has 0 amide bonds. The van der Waals surface area contributed by atoms with Crippen molar-refractivity contribution >= 4 is 34.3 Å². The Morgan fingerprint density at radius 2 is 2.39 bits per heavy atom. The van der Waals surface area contributed by atoms with Crippen molar-refractivity contribution in [2.75, 3.05) is 12.0 Å². The van der Waals surface area contributed by atoms with Crippen molar-refractivity contribution < 1.29 is 14.5 Å². The van der Waals surface area contributed by atoms with E-state index in [1.807, 2.05) is 0 Å². The van der Waals surface area contributed by atoms with Crippen LogP contribution < -0.4 is 5.43 Å². The van der Waals surface area contributed by atoms with Crippen molar-refractivity contribution in [3.63, 3.8) is 0 Å². The van der Waals surface area contributed by atoms with Crippen molar-refractivity contribution in [1.29, 1.82) is 0 Å². The number of nitrogens with zero attached hydrogens (tertiary/aromatic N) is 3. The average Bonchev–Trinajstić information content (AvgIpc) is 2.95. The number of rotatable bonds is 7. The van der Waals surface area contributed by atoms with Gasteiger partial charge in [-0.15, -0.1) is 0 Å². The number of nitrogens with one attached hydrogen (secondary N) is 1. The summed E-state index contributed by atoms with van der Waals surface area (Å²) in [5, 5.41) is 15.2. The SMILES string of the molecule is CCOC(=O)Cc1cnc(N/N=C/c2cccc([N+](=O)[O-])c2)s1. The Balaban J connectivity index is 1.93. The van der Waals surface area contributed by atoms with E-state index in [1.54, 1.807) is 25.3 Å². The highest BCUT2D eigenvalue weighted by atomic mass is 32.1. The zero-order valence-corrected chi connectivity index (χ0v) is 13.1. The van der Waals surface area contributed by atoms with E-state index in [0.717, 1.165) is 4.88 Å². The van der Waals surface area contributed by atoms with Gasteiger partial charge in [-0.25, -0.2) is 4.98 Å². The zero-order valence-electron chi connectivity index (χ0n) is 12.3. The van der Waals surface area contributed by atoms with E-state index in [2.05, 4.69) is 15.5 Å². The fourth-order valence-electron chi connectivity index (χ4n) is 1.68. The Kier molecular flexibility index (Phi) is 5.75. The molecular weight excluding hydrogens is 320 g/mol. The first-order valence-corrected chi connectivity index (χ1v) is 7.54. The van der Waals surface area contributed by atoms with Gasteiger partial charge in [-0.05, 0) is 6.92 Å². The molecule has 0 spiro atoms. The van der Waals surface area contributed by atoms with Crippen molar-refractivity contribution in [2.45, 2.75) is 13.3 Å². The van der Waals surface area contributed by atoms with Gasteiger partial charge in [0.2, 0.25) is 5.13 Å². The van der Waals surface area contributed by atoms with Gasteiger partial charge in [-0.1, -0.05) is 23.5 Å². The minimum atomic E-state index is -0.465. The van der Waals surface area contributed by atoms with Gasteiger partial charge in [0.1, 0.15) is 0 Å². The standard InChI is InChI=1S/C14H14N4O4S/c1-2-22-13(19)7-12-9-15-14(23-12)17-16-8-10-4-3-5-11(6-10)18(20)21/h3-6,8-9H,2,7H2,1H3,(H,15,17)/b16-8+. The number of non-ortho nitro benzene ring substituents is 1. The Morgan fingerprint density at radius 1 is 1.57 bits per heavy atom. The molecule has 1 aromatic heterocycles. The van der Waals surface area contributed by atoms with Crippen molar-refractivity contribution in [3.8, 4) is 0 Å². The molecule has 0 bridgehead atoms. The molecule has 23 heavy (non-hydrogen) atoms. The molecule has 120 valence electrons. The third-order valence-corrected chi connectivity index (χ3v) is 3.53. The molecule has 0 fully saturated rings. The maximum absolute atomic E-state index is 11.4. The highest BCUT2D eigenvalue weighted by Crippen LogP contribution is 2.19. The Hall–Kier alpha value is -2.81. The van der Waals surface area contributed by atoms with Crippen LogP contribution in [0.5, 0.6) is 0 Å². The molecular formula is C14H14N4O4S. The van der Waals surface area contributed by atoms with Gasteiger partial charge >= 0.3 is 5.97 Å². The van der Waals surface area contributed by atoms with Gasteiger partial charge < -0.3 is 4.74 Å². The third-order valence-electron chi connectivity index (χ3n) is 2.63. The minimum Gasteiger partial charge on any atom is -0.466 e. The largest absolute Gasteiger partial charge is 0.466 e. The molecule has 1 aromatic carbocycles. The van der Waals surface area contributed by atoms with Crippen LogP contribution in [0.4, 0.5) is 10.8 Å². The number of benzene rings is 1. The first-order valence-electron chi connectivity index (χ1n) is 6.72. The number of ether oxygens (including phenoxy) is 1. The van der Waals surface area contributed by atoms with Gasteiger partial charge in [0.25, 0.3) is 5.69 Å². The molecule has 2 aromatic rings. The third kappa shape index (κ3) is 5.15. The maximum atomic E-state index is 11.4. The van der Waals surface area contributed by atoms with E-state index in [0.29, 0.717) is 17.3 Å². The number of thiazole rings is 1. The molecule has 1 N–H and O–H groups in total. The molecule has 0 saturated heterocycles. The van der Waals surface area contributed by atoms with Crippen LogP contribution in [0, 0.1) is 10.1 Å². The van der Waals surface area contributed by atoms with Crippen LogP contribution in [0.3, 0.4) is 0 Å². The second-order valence-electron chi connectivity index (χ2n) is 4.34. The summed E-state index contributed by atoms with van der Waals surface area (Å²) in [5.41, 5.74) is 3.31. The molecule has 0 radical (unpaired) electrons. The molecule has 0 aliphatic carbocycles. The lowest BCUT2D eigenvalue weighted by atomic mass is 10.2. The minimum absolute atomic E-state index is 0.0000728. The number of hydrazone groups is 1. The van der Waals surface area contributed by atoms with Crippen LogP contribution >= 0.6 is 11.3 Å². The summed E-state index contributed by atoms with van der Waals surface area (Å²) in [5.74, 6) is -0.303. The summed E-state index contributed by atoms with van der Waals surface area (Å²) >= 11 is 1.29. The summed E-state index contributed by atoms with van der Waals surface area (Å²) < 4.78 is 4.86. The Bertz CT molecular complexity index is 729. The number of nitro groups is 1. The fraction of sp³-hybridized carbons (Fsp3) is 0.214. The lowest BCUT2D eigenvalue weighted by molar-refractivity contribution is -0.384. The second kappa shape index (κ2) is 7.99. The van der Waals surface area contributed by atoms with E-state index in [-0.39, 0.29) is 18.1 Å². The number of anilines is 1. The quantitative estimate of drug-likeness (QED) is 0.361. The molecule has 0 unspecified atom stereocenters. The van der Waals surface area contributed by atoms with E-state index in [1.165, 1.54) is 29.7 Å². The van der Waals surface area contributed by atoms with Crippen molar-refractivity contribution in [2.24, 2.45) is 5.10 Å². The fourth-order valence-corrected chi connectivity index (χ4v) is 2.42. The number of carbonyl (C=O) groups excluding carboxylic acids is 1. The van der Waals surface area contributed by atoms with E-state index >= 15 is 0 Å².